The lowest BCUT2D eigenvalue weighted by Crippen LogP contribution is -2.49. The van der Waals surface area contributed by atoms with Crippen LogP contribution in [0.4, 0.5) is 10.5 Å². The van der Waals surface area contributed by atoms with Gasteiger partial charge in [-0.2, -0.15) is 0 Å². The molecule has 3 rings (SSSR count). The number of carbonyl (C=O) groups excluding carboxylic acids is 1. The topological polar surface area (TPSA) is 57.7 Å². The number of hydrogen-bond acceptors (Lipinski definition) is 5. The van der Waals surface area contributed by atoms with Gasteiger partial charge in [-0.15, -0.1) is 11.3 Å². The minimum Gasteiger partial charge on any atom is -0.480 e. The number of thiophene rings is 1. The van der Waals surface area contributed by atoms with Crippen LogP contribution in [0.1, 0.15) is 4.88 Å². The van der Waals surface area contributed by atoms with E-state index in [-0.39, 0.29) is 6.03 Å². The summed E-state index contributed by atoms with van der Waals surface area (Å²) in [6, 6.07) is 7.68. The van der Waals surface area contributed by atoms with Crippen LogP contribution >= 0.6 is 11.3 Å². The molecule has 0 aliphatic carbocycles. The van der Waals surface area contributed by atoms with Crippen molar-refractivity contribution in [3.63, 3.8) is 0 Å². The molecule has 122 valence electrons. The lowest BCUT2D eigenvalue weighted by atomic mass is 10.3. The summed E-state index contributed by atoms with van der Waals surface area (Å²) in [5, 5.41) is 4.97. The second-order valence-corrected chi connectivity index (χ2v) is 6.37. The predicted octanol–water partition coefficient (Wildman–Crippen LogP) is 2.50. The number of methoxy groups -OCH3 is 1. The average molecular weight is 332 g/mol. The van der Waals surface area contributed by atoms with Gasteiger partial charge in [0.05, 0.1) is 7.11 Å². The monoisotopic (exact) mass is 332 g/mol. The number of carbonyl (C=O) groups is 1. The Labute approximate surface area is 139 Å². The summed E-state index contributed by atoms with van der Waals surface area (Å²) in [6.07, 6.45) is 1.64. The predicted molar refractivity (Wildman–Crippen MR) is 91.0 cm³/mol. The number of piperazine rings is 1. The van der Waals surface area contributed by atoms with Crippen LogP contribution in [0.3, 0.4) is 0 Å². The van der Waals surface area contributed by atoms with Crippen LogP contribution in [-0.4, -0.2) is 54.1 Å². The number of rotatable bonds is 4. The number of nitrogens with zero attached hydrogens (tertiary/aromatic N) is 3. The first-order chi connectivity index (χ1) is 11.3. The summed E-state index contributed by atoms with van der Waals surface area (Å²) in [4.78, 5) is 22.0. The number of ether oxygens (including phenoxy) is 1. The fraction of sp³-hybridized carbons (Fsp3) is 0.375. The molecule has 2 aromatic rings. The average Bonchev–Trinajstić information content (AvgIpc) is 3.09. The molecule has 6 nitrogen and oxygen atoms in total. The second kappa shape index (κ2) is 7.43. The number of anilines is 1. The van der Waals surface area contributed by atoms with Gasteiger partial charge in [0.2, 0.25) is 5.88 Å². The molecule has 23 heavy (non-hydrogen) atoms. The highest BCUT2D eigenvalue weighted by atomic mass is 32.1. The summed E-state index contributed by atoms with van der Waals surface area (Å²) in [5.41, 5.74) is 0.598. The van der Waals surface area contributed by atoms with Crippen molar-refractivity contribution in [2.24, 2.45) is 0 Å². The van der Waals surface area contributed by atoms with Crippen molar-refractivity contribution in [1.29, 1.82) is 0 Å². The SMILES string of the molecule is COc1ncccc1NC(=O)N1CCN(Cc2cccs2)CC1. The third-order valence-corrected chi connectivity index (χ3v) is 4.69. The summed E-state index contributed by atoms with van der Waals surface area (Å²) in [6.45, 7) is 4.17. The van der Waals surface area contributed by atoms with Gasteiger partial charge in [0, 0.05) is 43.8 Å². The van der Waals surface area contributed by atoms with Crippen molar-refractivity contribution < 1.29 is 9.53 Å². The van der Waals surface area contributed by atoms with Crippen molar-refractivity contribution in [2.75, 3.05) is 38.6 Å². The first kappa shape index (κ1) is 15.8. The number of hydrogen-bond donors (Lipinski definition) is 1. The summed E-state index contributed by atoms with van der Waals surface area (Å²) in [7, 11) is 1.54. The van der Waals surface area contributed by atoms with Crippen LogP contribution in [0.25, 0.3) is 0 Å². The van der Waals surface area contributed by atoms with E-state index in [0.29, 0.717) is 11.6 Å². The number of amides is 2. The van der Waals surface area contributed by atoms with Crippen LogP contribution in [0.2, 0.25) is 0 Å². The fourth-order valence-electron chi connectivity index (χ4n) is 2.57. The van der Waals surface area contributed by atoms with Crippen LogP contribution in [-0.2, 0) is 6.54 Å². The molecule has 7 heteroatoms. The summed E-state index contributed by atoms with van der Waals surface area (Å²) < 4.78 is 5.16. The molecule has 0 saturated carbocycles. The van der Waals surface area contributed by atoms with Gasteiger partial charge >= 0.3 is 6.03 Å². The van der Waals surface area contributed by atoms with E-state index in [9.17, 15) is 4.79 Å². The van der Waals surface area contributed by atoms with E-state index >= 15 is 0 Å². The highest BCUT2D eigenvalue weighted by molar-refractivity contribution is 7.09. The third-order valence-electron chi connectivity index (χ3n) is 3.83. The van der Waals surface area contributed by atoms with Gasteiger partial charge in [-0.1, -0.05) is 6.07 Å². The highest BCUT2D eigenvalue weighted by Crippen LogP contribution is 2.20. The normalized spacial score (nSPS) is 15.4. The van der Waals surface area contributed by atoms with Crippen molar-refractivity contribution in [2.45, 2.75) is 6.54 Å². The lowest BCUT2D eigenvalue weighted by Gasteiger charge is -2.34. The number of pyridine rings is 1. The first-order valence-electron chi connectivity index (χ1n) is 7.56. The molecular formula is C16H20N4O2S. The zero-order valence-electron chi connectivity index (χ0n) is 13.1. The minimum absolute atomic E-state index is 0.105. The van der Waals surface area contributed by atoms with E-state index in [1.807, 2.05) is 4.90 Å². The van der Waals surface area contributed by atoms with Crippen LogP contribution in [0.5, 0.6) is 5.88 Å². The molecule has 0 atom stereocenters. The molecule has 0 radical (unpaired) electrons. The molecule has 1 N–H and O–H groups in total. The Morgan fingerprint density at radius 1 is 1.30 bits per heavy atom. The molecule has 1 fully saturated rings. The first-order valence-corrected chi connectivity index (χ1v) is 8.44. The van der Waals surface area contributed by atoms with E-state index in [0.717, 1.165) is 32.7 Å². The maximum atomic E-state index is 12.4. The summed E-state index contributed by atoms with van der Waals surface area (Å²) >= 11 is 1.77. The molecule has 1 saturated heterocycles. The molecule has 1 aliphatic heterocycles. The van der Waals surface area contributed by atoms with Crippen molar-refractivity contribution in [1.82, 2.24) is 14.8 Å². The Balaban J connectivity index is 1.52. The summed E-state index contributed by atoms with van der Waals surface area (Å²) in [5.74, 6) is 0.428. The zero-order chi connectivity index (χ0) is 16.1. The molecule has 1 aliphatic rings. The number of urea groups is 1. The smallest absolute Gasteiger partial charge is 0.322 e. The van der Waals surface area contributed by atoms with Gasteiger partial charge in [0.25, 0.3) is 0 Å². The minimum atomic E-state index is -0.105. The third kappa shape index (κ3) is 4.00. The Kier molecular flexibility index (Phi) is 5.09. The Bertz CT molecular complexity index is 639. The van der Waals surface area contributed by atoms with E-state index < -0.39 is 0 Å². The van der Waals surface area contributed by atoms with Crippen LogP contribution < -0.4 is 10.1 Å². The maximum absolute atomic E-state index is 12.4. The van der Waals surface area contributed by atoms with Crippen LogP contribution in [0, 0.1) is 0 Å². The maximum Gasteiger partial charge on any atom is 0.322 e. The van der Waals surface area contributed by atoms with Gasteiger partial charge in [-0.05, 0) is 23.6 Å². The quantitative estimate of drug-likeness (QED) is 0.935. The molecule has 2 aromatic heterocycles. The van der Waals surface area contributed by atoms with Crippen molar-refractivity contribution in [3.8, 4) is 5.88 Å². The van der Waals surface area contributed by atoms with Gasteiger partial charge in [0.1, 0.15) is 5.69 Å². The second-order valence-electron chi connectivity index (χ2n) is 5.33. The largest absolute Gasteiger partial charge is 0.480 e. The molecule has 0 bridgehead atoms. The number of nitrogens with one attached hydrogen (secondary N) is 1. The molecule has 0 unspecified atom stereocenters. The van der Waals surface area contributed by atoms with Gasteiger partial charge in [-0.3, -0.25) is 4.90 Å². The van der Waals surface area contributed by atoms with Crippen molar-refractivity contribution >= 4 is 23.1 Å². The van der Waals surface area contributed by atoms with E-state index in [2.05, 4.69) is 32.7 Å². The molecule has 0 spiro atoms. The number of aromatic nitrogens is 1. The van der Waals surface area contributed by atoms with Gasteiger partial charge < -0.3 is 15.0 Å². The van der Waals surface area contributed by atoms with Crippen molar-refractivity contribution in [3.05, 3.63) is 40.7 Å². The van der Waals surface area contributed by atoms with Gasteiger partial charge in [-0.25, -0.2) is 9.78 Å². The Morgan fingerprint density at radius 2 is 2.13 bits per heavy atom. The highest BCUT2D eigenvalue weighted by Gasteiger charge is 2.22. The molecule has 2 amide bonds. The lowest BCUT2D eigenvalue weighted by molar-refractivity contribution is 0.143. The van der Waals surface area contributed by atoms with E-state index in [1.165, 1.54) is 4.88 Å². The standard InChI is InChI=1S/C16H20N4O2S/c1-22-15-14(5-2-6-17-15)18-16(21)20-9-7-19(8-10-20)12-13-4-3-11-23-13/h2-6,11H,7-10,12H2,1H3,(H,18,21). The van der Waals surface area contributed by atoms with E-state index in [1.54, 1.807) is 36.8 Å². The van der Waals surface area contributed by atoms with Crippen LogP contribution in [0.15, 0.2) is 35.8 Å². The Morgan fingerprint density at radius 3 is 2.83 bits per heavy atom. The zero-order valence-corrected chi connectivity index (χ0v) is 13.9. The molecule has 0 aromatic carbocycles. The van der Waals surface area contributed by atoms with E-state index in [4.69, 9.17) is 4.74 Å². The molecule has 3 heterocycles. The fourth-order valence-corrected chi connectivity index (χ4v) is 3.32. The Hall–Kier alpha value is -2.12. The molecular weight excluding hydrogens is 312 g/mol. The van der Waals surface area contributed by atoms with Gasteiger partial charge in [0.15, 0.2) is 0 Å².